The molecule has 0 unspecified atom stereocenters. The van der Waals surface area contributed by atoms with Crippen LogP contribution in [0.15, 0.2) is 80.1 Å². The number of carbonyl (C=O) groups excluding carboxylic acids is 1. The van der Waals surface area contributed by atoms with E-state index in [1.54, 1.807) is 0 Å². The van der Waals surface area contributed by atoms with E-state index in [1.165, 1.54) is 61.5 Å². The third-order valence-electron chi connectivity index (χ3n) is 6.11. The van der Waals surface area contributed by atoms with Crippen molar-refractivity contribution in [3.05, 3.63) is 117 Å². The second-order valence-electron chi connectivity index (χ2n) is 8.74. The second kappa shape index (κ2) is 11.2. The van der Waals surface area contributed by atoms with Crippen molar-refractivity contribution in [2.45, 2.75) is 19.1 Å². The van der Waals surface area contributed by atoms with Gasteiger partial charge < -0.3 is 9.15 Å². The Morgan fingerprint density at radius 3 is 2.52 bits per heavy atom. The van der Waals surface area contributed by atoms with Gasteiger partial charge in [0, 0.05) is 28.8 Å². The van der Waals surface area contributed by atoms with Gasteiger partial charge in [-0.05, 0) is 42.8 Å². The summed E-state index contributed by atoms with van der Waals surface area (Å²) >= 11 is 12.8. The number of allylic oxidation sites excluding steroid dienone is 1. The predicted octanol–water partition coefficient (Wildman–Crippen LogP) is 5.82. The van der Waals surface area contributed by atoms with Crippen molar-refractivity contribution in [2.24, 2.45) is 4.99 Å². The van der Waals surface area contributed by atoms with Crippen LogP contribution < -0.4 is 14.9 Å². The standard InChI is InChI=1S/C27H16Cl2F3N3O6S/c1-2-40-25(37)21-22(13-3-5-14(28)6-4-13)34-24(36)20(42-26(34)33-23(21)27(30,31)32)12-16-8-10-19(41-16)17-9-7-15(35(38)39)11-18(17)29/h3-12,22H,2H2,1H3/b20-12-/t22-/m0/s1. The summed E-state index contributed by atoms with van der Waals surface area (Å²) < 4.78 is 54.4. The van der Waals surface area contributed by atoms with Gasteiger partial charge in [-0.2, -0.15) is 13.2 Å². The molecule has 1 aliphatic heterocycles. The van der Waals surface area contributed by atoms with Crippen LogP contribution in [0.5, 0.6) is 0 Å². The van der Waals surface area contributed by atoms with Gasteiger partial charge in [0.2, 0.25) is 0 Å². The maximum Gasteiger partial charge on any atom is 0.434 e. The molecule has 9 nitrogen and oxygen atoms in total. The highest BCUT2D eigenvalue weighted by Gasteiger charge is 2.45. The molecule has 216 valence electrons. The van der Waals surface area contributed by atoms with E-state index in [9.17, 15) is 32.9 Å². The second-order valence-corrected chi connectivity index (χ2v) is 10.6. The van der Waals surface area contributed by atoms with E-state index in [-0.39, 0.29) is 43.7 Å². The third kappa shape index (κ3) is 5.50. The number of halogens is 5. The van der Waals surface area contributed by atoms with Crippen LogP contribution in [0.25, 0.3) is 17.4 Å². The molecule has 1 aliphatic rings. The molecule has 0 radical (unpaired) electrons. The van der Waals surface area contributed by atoms with Crippen molar-refractivity contribution in [1.29, 1.82) is 0 Å². The summed E-state index contributed by atoms with van der Waals surface area (Å²) in [6.45, 7) is 1.24. The molecule has 2 aromatic carbocycles. The Morgan fingerprint density at radius 2 is 1.90 bits per heavy atom. The first-order valence-electron chi connectivity index (χ1n) is 12.0. The molecule has 0 N–H and O–H groups in total. The topological polar surface area (TPSA) is 117 Å². The fourth-order valence-corrected chi connectivity index (χ4v) is 5.70. The molecule has 4 aromatic rings. The minimum Gasteiger partial charge on any atom is -0.463 e. The summed E-state index contributed by atoms with van der Waals surface area (Å²) in [6, 6.07) is 11.0. The Bertz CT molecular complexity index is 1940. The van der Waals surface area contributed by atoms with Gasteiger partial charge in [0.05, 0.1) is 32.7 Å². The van der Waals surface area contributed by atoms with Crippen LogP contribution >= 0.6 is 34.5 Å². The summed E-state index contributed by atoms with van der Waals surface area (Å²) in [5.74, 6) is -0.885. The minimum absolute atomic E-state index is 0.0324. The molecule has 0 spiro atoms. The van der Waals surface area contributed by atoms with Crippen LogP contribution in [0.2, 0.25) is 10.0 Å². The molecule has 2 aromatic heterocycles. The van der Waals surface area contributed by atoms with E-state index in [0.717, 1.165) is 10.6 Å². The summed E-state index contributed by atoms with van der Waals surface area (Å²) in [7, 11) is 0. The first-order valence-corrected chi connectivity index (χ1v) is 13.6. The number of rotatable bonds is 6. The number of fused-ring (bicyclic) bond motifs is 1. The molecule has 1 atom stereocenters. The Labute approximate surface area is 247 Å². The van der Waals surface area contributed by atoms with Crippen molar-refractivity contribution < 1.29 is 32.0 Å². The highest BCUT2D eigenvalue weighted by molar-refractivity contribution is 7.07. The average molecular weight is 638 g/mol. The number of esters is 1. The largest absolute Gasteiger partial charge is 0.463 e. The number of ether oxygens (including phenoxy) is 1. The van der Waals surface area contributed by atoms with Crippen molar-refractivity contribution in [3.63, 3.8) is 0 Å². The van der Waals surface area contributed by atoms with E-state index < -0.39 is 39.9 Å². The summed E-state index contributed by atoms with van der Waals surface area (Å²) in [5, 5.41) is 11.4. The molecule has 0 saturated heterocycles. The number of furan rings is 1. The van der Waals surface area contributed by atoms with Gasteiger partial charge in [-0.1, -0.05) is 46.7 Å². The molecule has 0 fully saturated rings. The molecule has 15 heteroatoms. The molecular weight excluding hydrogens is 622 g/mol. The maximum atomic E-state index is 14.2. The van der Waals surface area contributed by atoms with Crippen molar-refractivity contribution in [2.75, 3.05) is 6.61 Å². The lowest BCUT2D eigenvalue weighted by atomic mass is 9.95. The molecule has 0 bridgehead atoms. The fourth-order valence-electron chi connectivity index (χ4n) is 4.32. The Balaban J connectivity index is 1.67. The number of alkyl halides is 3. The van der Waals surface area contributed by atoms with Crippen molar-refractivity contribution in [1.82, 2.24) is 4.57 Å². The van der Waals surface area contributed by atoms with E-state index in [0.29, 0.717) is 21.9 Å². The number of non-ortho nitro benzene ring substituents is 1. The van der Waals surface area contributed by atoms with Crippen LogP contribution in [0.3, 0.4) is 0 Å². The van der Waals surface area contributed by atoms with E-state index >= 15 is 0 Å². The van der Waals surface area contributed by atoms with Gasteiger partial charge >= 0.3 is 12.1 Å². The molecule has 0 amide bonds. The summed E-state index contributed by atoms with van der Waals surface area (Å²) in [6.07, 6.45) is -3.73. The maximum absolute atomic E-state index is 14.2. The molecule has 42 heavy (non-hydrogen) atoms. The molecule has 0 saturated carbocycles. The van der Waals surface area contributed by atoms with Crippen LogP contribution in [0, 0.1) is 10.1 Å². The zero-order valence-electron chi connectivity index (χ0n) is 21.1. The lowest BCUT2D eigenvalue weighted by molar-refractivity contribution is -0.384. The van der Waals surface area contributed by atoms with E-state index in [1.807, 2.05) is 0 Å². The Kier molecular flexibility index (Phi) is 7.84. The van der Waals surface area contributed by atoms with Gasteiger partial charge in [-0.15, -0.1) is 0 Å². The number of thiazole rings is 1. The van der Waals surface area contributed by atoms with Gasteiger partial charge in [0.1, 0.15) is 11.5 Å². The lowest BCUT2D eigenvalue weighted by Crippen LogP contribution is -2.41. The summed E-state index contributed by atoms with van der Waals surface area (Å²) in [4.78, 5) is 40.4. The van der Waals surface area contributed by atoms with Crippen LogP contribution in [-0.2, 0) is 9.53 Å². The average Bonchev–Trinajstić information content (AvgIpc) is 3.52. The molecule has 5 rings (SSSR count). The van der Waals surface area contributed by atoms with Crippen LogP contribution in [0.4, 0.5) is 18.9 Å². The number of aromatic nitrogens is 1. The highest BCUT2D eigenvalue weighted by atomic mass is 35.5. The molecule has 3 heterocycles. The number of hydrogen-bond donors (Lipinski definition) is 0. The SMILES string of the molecule is CCOC(=O)C1=C(C(F)(F)F)N=c2s/c(=C\c3ccc(-c4ccc([N+](=O)[O-])cc4Cl)o3)c(=O)n2[C@H]1c1ccc(Cl)cc1. The number of nitrogens with zero attached hydrogens (tertiary/aromatic N) is 3. The monoisotopic (exact) mass is 637 g/mol. The Hall–Kier alpha value is -4.20. The molecule has 0 aliphatic carbocycles. The number of hydrogen-bond acceptors (Lipinski definition) is 8. The summed E-state index contributed by atoms with van der Waals surface area (Å²) in [5.41, 5.74) is -2.72. The van der Waals surface area contributed by atoms with Gasteiger partial charge in [-0.3, -0.25) is 19.5 Å². The van der Waals surface area contributed by atoms with Crippen molar-refractivity contribution in [3.8, 4) is 11.3 Å². The Morgan fingerprint density at radius 1 is 1.19 bits per heavy atom. The van der Waals surface area contributed by atoms with E-state index in [2.05, 4.69) is 4.99 Å². The van der Waals surface area contributed by atoms with E-state index in [4.69, 9.17) is 32.4 Å². The smallest absolute Gasteiger partial charge is 0.434 e. The number of nitro benzene ring substituents is 1. The van der Waals surface area contributed by atoms with Crippen LogP contribution in [0.1, 0.15) is 24.3 Å². The third-order valence-corrected chi connectivity index (χ3v) is 7.66. The number of nitro groups is 1. The zero-order chi connectivity index (χ0) is 30.3. The first kappa shape index (κ1) is 29.3. The lowest BCUT2D eigenvalue weighted by Gasteiger charge is -2.26. The number of carbonyl (C=O) groups is 1. The molecular formula is C27H16Cl2F3N3O6S. The number of benzene rings is 2. The van der Waals surface area contributed by atoms with Gasteiger partial charge in [0.15, 0.2) is 10.5 Å². The minimum atomic E-state index is -5.04. The zero-order valence-corrected chi connectivity index (χ0v) is 23.5. The van der Waals surface area contributed by atoms with Gasteiger partial charge in [-0.25, -0.2) is 9.79 Å². The quantitative estimate of drug-likeness (QED) is 0.149. The fraction of sp³-hybridized carbons (Fsp3) is 0.148. The first-order chi connectivity index (χ1) is 19.9. The van der Waals surface area contributed by atoms with Gasteiger partial charge in [0.25, 0.3) is 11.2 Å². The van der Waals surface area contributed by atoms with Crippen molar-refractivity contribution >= 4 is 52.3 Å². The highest BCUT2D eigenvalue weighted by Crippen LogP contribution is 2.38. The predicted molar refractivity (Wildman–Crippen MR) is 148 cm³/mol. The van der Waals surface area contributed by atoms with Crippen LogP contribution in [-0.4, -0.2) is 28.2 Å². The normalized spacial score (nSPS) is 15.4.